The van der Waals surface area contributed by atoms with Crippen LogP contribution in [0.2, 0.25) is 0 Å². The quantitative estimate of drug-likeness (QED) is 0.0361. The molecule has 0 aliphatic carbocycles. The molecule has 103 heavy (non-hydrogen) atoms. The number of hydrogen-bond acceptors (Lipinski definition) is 31. The number of ether oxygens (including phenoxy) is 1. The van der Waals surface area contributed by atoms with Crippen molar-refractivity contribution in [1.82, 2.24) is 74.9 Å². The van der Waals surface area contributed by atoms with E-state index in [1.165, 1.54) is 74.5 Å². The fourth-order valence-corrected chi connectivity index (χ4v) is 9.05. The van der Waals surface area contributed by atoms with E-state index in [0.717, 1.165) is 58.2 Å². The molecule has 0 saturated carbocycles. The van der Waals surface area contributed by atoms with Gasteiger partial charge in [0.25, 0.3) is 0 Å². The Bertz CT molecular complexity index is 3770. The van der Waals surface area contributed by atoms with E-state index >= 15 is 0 Å². The molecule has 3 fully saturated rings. The number of primary amides is 3. The van der Waals surface area contributed by atoms with Crippen LogP contribution < -0.4 is 54.0 Å². The minimum atomic E-state index is -1.16. The van der Waals surface area contributed by atoms with E-state index in [0.29, 0.717) is 93.0 Å². The van der Waals surface area contributed by atoms with Crippen molar-refractivity contribution in [3.63, 3.8) is 0 Å². The largest absolute Gasteiger partial charge is 0.477 e. The molecular formula is C62H86N24O17. The van der Waals surface area contributed by atoms with Crippen LogP contribution in [-0.2, 0) is 19.1 Å². The van der Waals surface area contributed by atoms with E-state index in [1.807, 2.05) is 4.90 Å². The lowest BCUT2D eigenvalue weighted by Gasteiger charge is -2.31. The van der Waals surface area contributed by atoms with E-state index in [-0.39, 0.29) is 64.8 Å². The first-order chi connectivity index (χ1) is 48.8. The van der Waals surface area contributed by atoms with Gasteiger partial charge in [-0.25, -0.2) is 93.4 Å². The Morgan fingerprint density at radius 3 is 1.24 bits per heavy atom. The van der Waals surface area contributed by atoms with Crippen molar-refractivity contribution in [2.45, 2.75) is 83.8 Å². The number of likely N-dealkylation sites (tertiary alicyclic amines) is 2. The van der Waals surface area contributed by atoms with E-state index in [9.17, 15) is 47.9 Å². The first kappa shape index (κ1) is 83.1. The molecular weight excluding hydrogens is 1350 g/mol. The fourth-order valence-electron chi connectivity index (χ4n) is 9.05. The number of carbonyl (C=O) groups excluding carboxylic acids is 4. The van der Waals surface area contributed by atoms with Gasteiger partial charge in [-0.15, -0.1) is 0 Å². The molecule has 0 atom stereocenters. The Morgan fingerprint density at radius 1 is 0.456 bits per heavy atom. The molecule has 0 bridgehead atoms. The lowest BCUT2D eigenvalue weighted by atomic mass is 9.96. The second-order valence-electron chi connectivity index (χ2n) is 23.7. The molecule has 3 aliphatic heterocycles. The number of aromatic carboxylic acids is 6. The van der Waals surface area contributed by atoms with Crippen molar-refractivity contribution in [1.29, 1.82) is 0 Å². The van der Waals surface area contributed by atoms with Crippen LogP contribution in [-0.4, -0.2) is 258 Å². The Balaban J connectivity index is 0.000000263. The molecule has 3 saturated heterocycles. The molecule has 6 aromatic heterocycles. The number of hydrogen-bond donors (Lipinski definition) is 15. The first-order valence-corrected chi connectivity index (χ1v) is 31.8. The summed E-state index contributed by atoms with van der Waals surface area (Å²) in [5.74, 6) is -4.48. The summed E-state index contributed by atoms with van der Waals surface area (Å²) in [6.07, 6.45) is 13.3. The van der Waals surface area contributed by atoms with Gasteiger partial charge in [0, 0.05) is 94.0 Å². The first-order valence-electron chi connectivity index (χ1n) is 31.8. The predicted octanol–water partition coefficient (Wildman–Crippen LogP) is 1.52. The molecule has 41 nitrogen and oxygen atoms in total. The molecule has 6 aromatic rings. The Kier molecular flexibility index (Phi) is 34.9. The molecule has 0 spiro atoms. The van der Waals surface area contributed by atoms with Crippen molar-refractivity contribution < 1.29 is 83.3 Å². The van der Waals surface area contributed by atoms with Crippen LogP contribution in [0.25, 0.3) is 0 Å². The van der Waals surface area contributed by atoms with Gasteiger partial charge in [-0.05, 0) is 112 Å². The number of rotatable bonds is 25. The van der Waals surface area contributed by atoms with Gasteiger partial charge in [0.1, 0.15) is 78.5 Å². The van der Waals surface area contributed by atoms with Gasteiger partial charge in [-0.2, -0.15) is 0 Å². The maximum Gasteiger partial charge on any atom is 0.407 e. The highest BCUT2D eigenvalue weighted by atomic mass is 16.6. The summed E-state index contributed by atoms with van der Waals surface area (Å²) in [4.78, 5) is 159. The van der Waals surface area contributed by atoms with Gasteiger partial charge in [-0.3, -0.25) is 14.4 Å². The zero-order valence-corrected chi connectivity index (χ0v) is 57.2. The second-order valence-corrected chi connectivity index (χ2v) is 23.7. The maximum atomic E-state index is 11.4. The Morgan fingerprint density at radius 2 is 0.835 bits per heavy atom. The summed E-state index contributed by atoms with van der Waals surface area (Å²) in [5, 5.41) is 69.8. The molecule has 41 heteroatoms. The summed E-state index contributed by atoms with van der Waals surface area (Å²) in [5.41, 5.74) is 14.2. The van der Waals surface area contributed by atoms with E-state index in [2.05, 4.69) is 116 Å². The number of alkyl carbamates (subject to hydrolysis) is 1. The topological polar surface area (TPSA) is 616 Å². The van der Waals surface area contributed by atoms with E-state index in [1.54, 1.807) is 20.8 Å². The molecule has 556 valence electrons. The zero-order valence-electron chi connectivity index (χ0n) is 57.2. The second kappa shape index (κ2) is 43.3. The van der Waals surface area contributed by atoms with Crippen molar-refractivity contribution in [3.8, 4) is 0 Å². The summed E-state index contributed by atoms with van der Waals surface area (Å²) < 4.78 is 5.09. The van der Waals surface area contributed by atoms with E-state index < -0.39 is 59.3 Å². The highest BCUT2D eigenvalue weighted by Crippen LogP contribution is 2.22. The summed E-state index contributed by atoms with van der Waals surface area (Å²) in [6.45, 7) is 13.0. The van der Waals surface area contributed by atoms with Crippen LogP contribution in [0.5, 0.6) is 0 Å². The Hall–Kier alpha value is -12.3. The molecule has 9 heterocycles. The van der Waals surface area contributed by atoms with Gasteiger partial charge in [0.15, 0.2) is 34.2 Å². The number of amides is 4. The van der Waals surface area contributed by atoms with Crippen LogP contribution >= 0.6 is 0 Å². The molecule has 18 N–H and O–H groups in total. The molecule has 4 amide bonds. The predicted molar refractivity (Wildman–Crippen MR) is 368 cm³/mol. The van der Waals surface area contributed by atoms with Crippen LogP contribution in [0.3, 0.4) is 0 Å². The highest BCUT2D eigenvalue weighted by molar-refractivity contribution is 5.89. The zero-order chi connectivity index (χ0) is 76.0. The smallest absolute Gasteiger partial charge is 0.407 e. The number of anilines is 6. The number of carbonyl (C=O) groups is 10. The number of nitrogens with two attached hydrogens (primary N) is 3. The number of nitrogens with one attached hydrogen (secondary N) is 6. The van der Waals surface area contributed by atoms with Gasteiger partial charge in [0.05, 0.1) is 6.54 Å². The standard InChI is InChI=1S/C13H20N4O4.C12H18N4O2.C11H14N4O3.C11H16N4O2.C8H10N4O3.C7H8N4O3/c1-13(2,3)21-12(20)15-6-4-5-14-10-7-9(11(18)19)16-8-17-10;1-16-4-2-9(3-5-16)7-13-11-6-10(12(17)18)14-8-15-11;12-10(16)7-1-3-15(4-2-7)9-5-8(11(17)18)13-6-14-9;1-15-4-2-8(3-5-15)14-10-6-9(11(16)17)12-7-13-10;9-6(13)1-2-10-7-3-5(8(14)15)11-4-12-7;8-5(12)2-9-6-1-4(7(13)14)10-3-11-6/h7-8H,4-6H2,1-3H3,(H,15,20)(H,18,19)(H,14,16,17);6,8-9H,2-5,7H2,1H3,(H,17,18)(H,13,14,15);5-7H,1-4H2,(H2,12,16)(H,17,18);6-8H,2-5H2,1H3,(H,16,17)(H,12,13,14);3-4H,1-2H2,(H2,9,13)(H,14,15)(H,10,11,12);1,3H,2H2,(H2,8,12)(H,13,14)(H,9,10,11). The van der Waals surface area contributed by atoms with Gasteiger partial charge in [-0.1, -0.05) is 0 Å². The summed E-state index contributed by atoms with van der Waals surface area (Å²) in [6, 6.07) is 8.59. The number of aromatic nitrogens is 12. The normalized spacial score (nSPS) is 13.8. The van der Waals surface area contributed by atoms with Crippen molar-refractivity contribution in [2.75, 3.05) is 118 Å². The highest BCUT2D eigenvalue weighted by Gasteiger charge is 2.25. The van der Waals surface area contributed by atoms with Gasteiger partial charge in [0.2, 0.25) is 17.7 Å². The van der Waals surface area contributed by atoms with Crippen LogP contribution in [0.4, 0.5) is 39.7 Å². The van der Waals surface area contributed by atoms with Gasteiger partial charge >= 0.3 is 41.9 Å². The van der Waals surface area contributed by atoms with E-state index in [4.69, 9.17) is 52.6 Å². The minimum absolute atomic E-state index is 0.0235. The molecule has 3 aliphatic rings. The fraction of sp³-hybridized carbons (Fsp3) is 0.452. The molecule has 0 radical (unpaired) electrons. The van der Waals surface area contributed by atoms with Crippen molar-refractivity contribution in [3.05, 3.63) is 109 Å². The number of piperidine rings is 3. The number of nitrogens with zero attached hydrogens (tertiary/aromatic N) is 15. The Labute approximate surface area is 589 Å². The van der Waals surface area contributed by atoms with Crippen molar-refractivity contribution in [2.24, 2.45) is 29.0 Å². The minimum Gasteiger partial charge on any atom is -0.477 e. The van der Waals surface area contributed by atoms with Crippen molar-refractivity contribution >= 4 is 94.5 Å². The lowest BCUT2D eigenvalue weighted by molar-refractivity contribution is -0.122. The number of carboxylic acid groups (broad SMARTS) is 6. The summed E-state index contributed by atoms with van der Waals surface area (Å²) >= 11 is 0. The molecule has 0 unspecified atom stereocenters. The average Bonchev–Trinajstić information content (AvgIpc) is 0.846. The lowest BCUT2D eigenvalue weighted by Crippen LogP contribution is -2.39. The number of carboxylic acids is 6. The van der Waals surface area contributed by atoms with Crippen LogP contribution in [0.1, 0.15) is 135 Å². The molecule has 9 rings (SSSR count). The van der Waals surface area contributed by atoms with Gasteiger partial charge < -0.3 is 99.2 Å². The maximum absolute atomic E-state index is 11.4. The third-order valence-electron chi connectivity index (χ3n) is 14.5. The SMILES string of the molecule is CC(C)(C)OC(=O)NCCCNc1cc(C(=O)O)ncn1.CN1CCC(CNc2cc(C(=O)O)ncn2)CC1.CN1CCC(Nc2cc(C(=O)O)ncn2)CC1.NC(=O)C1CCN(c2cc(C(=O)O)ncn2)CC1.NC(=O)CCNc1cc(C(=O)O)ncn1.NC(=O)CNc1cc(C(=O)O)ncn1. The summed E-state index contributed by atoms with van der Waals surface area (Å²) in [7, 11) is 4.23. The third kappa shape index (κ3) is 33.9. The monoisotopic (exact) mass is 1440 g/mol. The molecule has 0 aromatic carbocycles. The average molecular weight is 1440 g/mol. The third-order valence-corrected chi connectivity index (χ3v) is 14.5. The van der Waals surface area contributed by atoms with Crippen LogP contribution in [0.15, 0.2) is 74.4 Å². The van der Waals surface area contributed by atoms with Crippen LogP contribution in [0, 0.1) is 11.8 Å².